The minimum Gasteiger partial charge on any atom is -0.459 e. The molecule has 0 aliphatic carbocycles. The van der Waals surface area contributed by atoms with E-state index in [1.807, 2.05) is 32.0 Å². The van der Waals surface area contributed by atoms with E-state index >= 15 is 0 Å². The fourth-order valence-electron chi connectivity index (χ4n) is 1.70. The second-order valence-corrected chi connectivity index (χ2v) is 5.64. The minimum atomic E-state index is -0.291. The molecule has 0 amide bonds. The minimum absolute atomic E-state index is 0.113. The number of ether oxygens (including phenoxy) is 1. The number of aromatic nitrogens is 1. The Balaban J connectivity index is 2.13. The van der Waals surface area contributed by atoms with Crippen LogP contribution in [0.1, 0.15) is 34.6 Å². The van der Waals surface area contributed by atoms with Crippen molar-refractivity contribution in [3.05, 3.63) is 46.5 Å². The number of esters is 1. The van der Waals surface area contributed by atoms with Gasteiger partial charge < -0.3 is 10.5 Å². The highest BCUT2D eigenvalue weighted by Gasteiger charge is 2.10. The van der Waals surface area contributed by atoms with Crippen molar-refractivity contribution in [3.63, 3.8) is 0 Å². The maximum Gasteiger partial charge on any atom is 0.338 e. The van der Waals surface area contributed by atoms with E-state index in [0.29, 0.717) is 10.7 Å². The molecule has 0 bridgehead atoms. The first-order valence-electron chi connectivity index (χ1n) is 6.04. The number of thiazole rings is 1. The second-order valence-electron chi connectivity index (χ2n) is 4.50. The van der Waals surface area contributed by atoms with E-state index in [1.54, 1.807) is 12.3 Å². The molecule has 0 atom stereocenters. The van der Waals surface area contributed by atoms with Crippen LogP contribution < -0.4 is 5.73 Å². The predicted molar refractivity (Wildman–Crippen MR) is 76.3 cm³/mol. The van der Waals surface area contributed by atoms with E-state index in [2.05, 4.69) is 4.98 Å². The van der Waals surface area contributed by atoms with Gasteiger partial charge in [-0.05, 0) is 31.5 Å². The van der Waals surface area contributed by atoms with Gasteiger partial charge in [-0.3, -0.25) is 0 Å². The number of carbonyl (C=O) groups is 1. The third-order valence-corrected chi connectivity index (χ3v) is 3.28. The van der Waals surface area contributed by atoms with Crippen molar-refractivity contribution < 1.29 is 9.53 Å². The van der Waals surface area contributed by atoms with Crippen LogP contribution in [0.3, 0.4) is 0 Å². The highest BCUT2D eigenvalue weighted by molar-refractivity contribution is 7.15. The van der Waals surface area contributed by atoms with Gasteiger partial charge in [0.2, 0.25) is 0 Å². The van der Waals surface area contributed by atoms with E-state index in [9.17, 15) is 4.79 Å². The smallest absolute Gasteiger partial charge is 0.338 e. The van der Waals surface area contributed by atoms with Crippen molar-refractivity contribution in [1.82, 2.24) is 4.98 Å². The number of nitrogen functional groups attached to an aromatic ring is 1. The van der Waals surface area contributed by atoms with Crippen LogP contribution in [0.25, 0.3) is 0 Å². The fourth-order valence-corrected chi connectivity index (χ4v) is 2.41. The number of hydrogen-bond acceptors (Lipinski definition) is 5. The van der Waals surface area contributed by atoms with Crippen molar-refractivity contribution in [1.29, 1.82) is 0 Å². The van der Waals surface area contributed by atoms with Crippen LogP contribution >= 0.6 is 11.3 Å². The molecule has 1 heterocycles. The van der Waals surface area contributed by atoms with Crippen molar-refractivity contribution >= 4 is 22.4 Å². The number of benzene rings is 1. The van der Waals surface area contributed by atoms with Gasteiger partial charge in [0, 0.05) is 17.5 Å². The second kappa shape index (κ2) is 5.84. The molecule has 19 heavy (non-hydrogen) atoms. The van der Waals surface area contributed by atoms with Crippen molar-refractivity contribution in [3.8, 4) is 0 Å². The first kappa shape index (κ1) is 13.5. The Morgan fingerprint density at radius 3 is 2.89 bits per heavy atom. The number of nitrogens with two attached hydrogens (primary N) is 1. The van der Waals surface area contributed by atoms with Crippen molar-refractivity contribution in [2.75, 3.05) is 5.73 Å². The normalized spacial score (nSPS) is 10.7. The third kappa shape index (κ3) is 3.79. The van der Waals surface area contributed by atoms with Gasteiger partial charge in [-0.2, -0.15) is 0 Å². The quantitative estimate of drug-likeness (QED) is 0.872. The summed E-state index contributed by atoms with van der Waals surface area (Å²) in [6.07, 6.45) is 2.37. The fraction of sp³-hybridized carbons (Fsp3) is 0.286. The summed E-state index contributed by atoms with van der Waals surface area (Å²) in [5.41, 5.74) is 7.21. The molecule has 0 aliphatic heterocycles. The number of nitrogens with zero attached hydrogens (tertiary/aromatic N) is 1. The van der Waals surface area contributed by atoms with E-state index in [0.717, 1.165) is 16.9 Å². The van der Waals surface area contributed by atoms with Gasteiger partial charge in [-0.25, -0.2) is 9.78 Å². The molecule has 1 aromatic heterocycles. The molecule has 0 saturated heterocycles. The van der Waals surface area contributed by atoms with E-state index < -0.39 is 0 Å². The Morgan fingerprint density at radius 2 is 2.26 bits per heavy atom. The highest BCUT2D eigenvalue weighted by Crippen LogP contribution is 2.19. The molecular formula is C14H16N2O2S. The number of hydrogen-bond donors (Lipinski definition) is 1. The molecule has 1 aromatic carbocycles. The molecule has 2 rings (SSSR count). The van der Waals surface area contributed by atoms with Crippen LogP contribution in [0.2, 0.25) is 0 Å². The van der Waals surface area contributed by atoms with Gasteiger partial charge in [-0.1, -0.05) is 12.1 Å². The van der Waals surface area contributed by atoms with Crippen molar-refractivity contribution in [2.24, 2.45) is 0 Å². The van der Waals surface area contributed by atoms with Crippen LogP contribution in [0.4, 0.5) is 5.13 Å². The lowest BCUT2D eigenvalue weighted by Crippen LogP contribution is -2.11. The van der Waals surface area contributed by atoms with Gasteiger partial charge in [0.15, 0.2) is 5.13 Å². The SMILES string of the molecule is CC(C)OC(=O)c1cccc(Cc2cnc(N)s2)c1. The zero-order chi connectivity index (χ0) is 13.8. The average molecular weight is 276 g/mol. The lowest BCUT2D eigenvalue weighted by Gasteiger charge is -2.08. The Kier molecular flexibility index (Phi) is 4.16. The summed E-state index contributed by atoms with van der Waals surface area (Å²) in [4.78, 5) is 16.9. The Hall–Kier alpha value is -1.88. The highest BCUT2D eigenvalue weighted by atomic mass is 32.1. The van der Waals surface area contributed by atoms with Crippen LogP contribution in [-0.2, 0) is 11.2 Å². The lowest BCUT2D eigenvalue weighted by molar-refractivity contribution is 0.0378. The summed E-state index contributed by atoms with van der Waals surface area (Å²) in [5.74, 6) is -0.291. The molecule has 2 N–H and O–H groups in total. The van der Waals surface area contributed by atoms with Gasteiger partial charge in [0.05, 0.1) is 11.7 Å². The summed E-state index contributed by atoms with van der Waals surface area (Å²) >= 11 is 1.46. The van der Waals surface area contributed by atoms with Crippen LogP contribution in [0.5, 0.6) is 0 Å². The first-order valence-corrected chi connectivity index (χ1v) is 6.86. The summed E-state index contributed by atoms with van der Waals surface area (Å²) < 4.78 is 5.18. The molecule has 0 saturated carbocycles. The number of anilines is 1. The molecule has 0 radical (unpaired) electrons. The van der Waals surface area contributed by atoms with Crippen LogP contribution in [0, 0.1) is 0 Å². The van der Waals surface area contributed by atoms with E-state index in [-0.39, 0.29) is 12.1 Å². The van der Waals surface area contributed by atoms with Crippen LogP contribution in [-0.4, -0.2) is 17.1 Å². The predicted octanol–water partition coefficient (Wildman–Crippen LogP) is 2.88. The van der Waals surface area contributed by atoms with Gasteiger partial charge in [-0.15, -0.1) is 11.3 Å². The summed E-state index contributed by atoms with van der Waals surface area (Å²) in [6.45, 7) is 3.67. The maximum atomic E-state index is 11.8. The first-order chi connectivity index (χ1) is 9.04. The van der Waals surface area contributed by atoms with Gasteiger partial charge in [0.25, 0.3) is 0 Å². The van der Waals surface area contributed by atoms with Crippen molar-refractivity contribution in [2.45, 2.75) is 26.4 Å². The van der Waals surface area contributed by atoms with Gasteiger partial charge in [0.1, 0.15) is 0 Å². The topological polar surface area (TPSA) is 65.2 Å². The molecular weight excluding hydrogens is 260 g/mol. The molecule has 2 aromatic rings. The van der Waals surface area contributed by atoms with Crippen LogP contribution in [0.15, 0.2) is 30.5 Å². The lowest BCUT2D eigenvalue weighted by atomic mass is 10.1. The molecule has 0 spiro atoms. The average Bonchev–Trinajstić information content (AvgIpc) is 2.74. The molecule has 5 heteroatoms. The number of rotatable bonds is 4. The molecule has 0 fully saturated rings. The molecule has 100 valence electrons. The summed E-state index contributed by atoms with van der Waals surface area (Å²) in [7, 11) is 0. The zero-order valence-corrected chi connectivity index (χ0v) is 11.7. The summed E-state index contributed by atoms with van der Waals surface area (Å²) in [6, 6.07) is 7.44. The molecule has 0 unspecified atom stereocenters. The Labute approximate surface area is 116 Å². The third-order valence-electron chi connectivity index (χ3n) is 2.46. The van der Waals surface area contributed by atoms with Gasteiger partial charge >= 0.3 is 5.97 Å². The molecule has 0 aliphatic rings. The van der Waals surface area contributed by atoms with E-state index in [1.165, 1.54) is 11.3 Å². The Bertz CT molecular complexity index is 578. The zero-order valence-electron chi connectivity index (χ0n) is 10.9. The maximum absolute atomic E-state index is 11.8. The summed E-state index contributed by atoms with van der Waals surface area (Å²) in [5, 5.41) is 0.561. The molecule has 4 nitrogen and oxygen atoms in total. The number of carbonyl (C=O) groups excluding carboxylic acids is 1. The van der Waals surface area contributed by atoms with E-state index in [4.69, 9.17) is 10.5 Å². The largest absolute Gasteiger partial charge is 0.459 e. The Morgan fingerprint density at radius 1 is 1.47 bits per heavy atom. The monoisotopic (exact) mass is 276 g/mol. The standard InChI is InChI=1S/C14H16N2O2S/c1-9(2)18-13(17)11-5-3-4-10(6-11)7-12-8-16-14(15)19-12/h3-6,8-9H,7H2,1-2H3,(H2,15,16).